The summed E-state index contributed by atoms with van der Waals surface area (Å²) in [5.41, 5.74) is 2.60. The van der Waals surface area contributed by atoms with E-state index < -0.39 is 0 Å². The predicted octanol–water partition coefficient (Wildman–Crippen LogP) is 3.69. The summed E-state index contributed by atoms with van der Waals surface area (Å²) >= 11 is 0. The van der Waals surface area contributed by atoms with Gasteiger partial charge >= 0.3 is 0 Å². The van der Waals surface area contributed by atoms with E-state index in [1.165, 1.54) is 0 Å². The van der Waals surface area contributed by atoms with Gasteiger partial charge in [-0.3, -0.25) is 4.99 Å². The molecule has 0 amide bonds. The fraction of sp³-hybridized carbons (Fsp3) is 0.238. The van der Waals surface area contributed by atoms with Crippen molar-refractivity contribution in [1.29, 1.82) is 0 Å². The van der Waals surface area contributed by atoms with Crippen LogP contribution in [0.3, 0.4) is 0 Å². The second kappa shape index (κ2) is 8.47. The highest BCUT2D eigenvalue weighted by molar-refractivity contribution is 5.93. The molecule has 0 radical (unpaired) electrons. The van der Waals surface area contributed by atoms with Crippen LogP contribution in [-0.2, 0) is 6.54 Å². The minimum atomic E-state index is 0.487. The zero-order valence-corrected chi connectivity index (χ0v) is 15.6. The third-order valence-corrected chi connectivity index (χ3v) is 4.24. The summed E-state index contributed by atoms with van der Waals surface area (Å²) in [5.74, 6) is 2.73. The third kappa shape index (κ3) is 4.25. The number of aromatic nitrogens is 1. The number of anilines is 1. The van der Waals surface area contributed by atoms with E-state index in [0.717, 1.165) is 34.9 Å². The van der Waals surface area contributed by atoms with Crippen LogP contribution in [0.25, 0.3) is 11.5 Å². The molecule has 0 fully saturated rings. The molecule has 2 heterocycles. The maximum absolute atomic E-state index is 5.73. The van der Waals surface area contributed by atoms with Crippen molar-refractivity contribution in [3.63, 3.8) is 0 Å². The molecule has 2 aromatic carbocycles. The van der Waals surface area contributed by atoms with Gasteiger partial charge in [-0.1, -0.05) is 18.2 Å². The van der Waals surface area contributed by atoms with Crippen LogP contribution in [0.15, 0.2) is 64.2 Å². The van der Waals surface area contributed by atoms with Gasteiger partial charge in [-0.05, 0) is 24.3 Å². The monoisotopic (exact) mass is 378 g/mol. The number of rotatable bonds is 4. The lowest BCUT2D eigenvalue weighted by atomic mass is 10.2. The molecule has 2 N–H and O–H groups in total. The van der Waals surface area contributed by atoms with Gasteiger partial charge in [-0.25, -0.2) is 4.98 Å². The average molecular weight is 378 g/mol. The molecule has 28 heavy (non-hydrogen) atoms. The van der Waals surface area contributed by atoms with Crippen LogP contribution in [0.1, 0.15) is 12.1 Å². The Morgan fingerprint density at radius 1 is 1.07 bits per heavy atom. The molecule has 1 aliphatic rings. The molecule has 0 saturated heterocycles. The SMILES string of the molecule is CN=C(NCc1coc(-c2ccccc2)n1)Nc1ccc2c(c1)OCCCO2. The first-order valence-corrected chi connectivity index (χ1v) is 9.19. The Kier molecular flexibility index (Phi) is 5.42. The Bertz CT molecular complexity index is 953. The highest BCUT2D eigenvalue weighted by Crippen LogP contribution is 2.32. The van der Waals surface area contributed by atoms with E-state index in [9.17, 15) is 0 Å². The second-order valence-electron chi connectivity index (χ2n) is 6.27. The fourth-order valence-electron chi connectivity index (χ4n) is 2.83. The number of oxazole rings is 1. The van der Waals surface area contributed by atoms with Crippen LogP contribution in [-0.4, -0.2) is 31.2 Å². The number of guanidine groups is 1. The van der Waals surface area contributed by atoms with E-state index in [4.69, 9.17) is 13.9 Å². The van der Waals surface area contributed by atoms with Crippen molar-refractivity contribution < 1.29 is 13.9 Å². The van der Waals surface area contributed by atoms with Crippen LogP contribution in [0.5, 0.6) is 11.5 Å². The van der Waals surface area contributed by atoms with E-state index in [-0.39, 0.29) is 0 Å². The minimum Gasteiger partial charge on any atom is -0.490 e. The standard InChI is InChI=1S/C21H22N4O3/c1-22-21(25-16-8-9-18-19(12-16)27-11-5-10-26-18)23-13-17-14-28-20(24-17)15-6-3-2-4-7-15/h2-4,6-9,12,14H,5,10-11,13H2,1H3,(H2,22,23,25). The fourth-order valence-corrected chi connectivity index (χ4v) is 2.83. The average Bonchev–Trinajstić information content (AvgIpc) is 3.09. The van der Waals surface area contributed by atoms with E-state index in [1.807, 2.05) is 48.5 Å². The van der Waals surface area contributed by atoms with E-state index in [1.54, 1.807) is 13.3 Å². The smallest absolute Gasteiger partial charge is 0.226 e. The first-order valence-electron chi connectivity index (χ1n) is 9.19. The van der Waals surface area contributed by atoms with Gasteiger partial charge < -0.3 is 24.5 Å². The van der Waals surface area contributed by atoms with Gasteiger partial charge in [-0.2, -0.15) is 0 Å². The molecular formula is C21H22N4O3. The Morgan fingerprint density at radius 2 is 1.89 bits per heavy atom. The van der Waals surface area contributed by atoms with Crippen LogP contribution < -0.4 is 20.1 Å². The number of nitrogens with zero attached hydrogens (tertiary/aromatic N) is 2. The number of nitrogens with one attached hydrogen (secondary N) is 2. The number of hydrogen-bond acceptors (Lipinski definition) is 5. The lowest BCUT2D eigenvalue weighted by Crippen LogP contribution is -2.30. The van der Waals surface area contributed by atoms with E-state index in [0.29, 0.717) is 31.6 Å². The van der Waals surface area contributed by atoms with E-state index in [2.05, 4.69) is 20.6 Å². The highest BCUT2D eigenvalue weighted by Gasteiger charge is 2.12. The number of benzene rings is 2. The van der Waals surface area contributed by atoms with Gasteiger partial charge in [-0.15, -0.1) is 0 Å². The van der Waals surface area contributed by atoms with Crippen molar-refractivity contribution in [2.24, 2.45) is 4.99 Å². The molecule has 7 nitrogen and oxygen atoms in total. The van der Waals surface area contributed by atoms with Gasteiger partial charge in [0.25, 0.3) is 0 Å². The Labute approximate surface area is 163 Å². The topological polar surface area (TPSA) is 80.9 Å². The first kappa shape index (κ1) is 17.9. The van der Waals surface area contributed by atoms with E-state index >= 15 is 0 Å². The molecule has 0 atom stereocenters. The number of aliphatic imine (C=N–C) groups is 1. The van der Waals surface area contributed by atoms with Crippen LogP contribution in [0.2, 0.25) is 0 Å². The molecule has 0 saturated carbocycles. The molecule has 0 aliphatic carbocycles. The normalized spacial score (nSPS) is 13.7. The number of hydrogen-bond donors (Lipinski definition) is 2. The largest absolute Gasteiger partial charge is 0.490 e. The zero-order chi connectivity index (χ0) is 19.2. The van der Waals surface area contributed by atoms with Gasteiger partial charge in [0.1, 0.15) is 6.26 Å². The lowest BCUT2D eigenvalue weighted by Gasteiger charge is -2.13. The summed E-state index contributed by atoms with van der Waals surface area (Å²) in [6.45, 7) is 1.81. The molecule has 1 aromatic heterocycles. The van der Waals surface area contributed by atoms with Crippen LogP contribution in [0, 0.1) is 0 Å². The Hall–Kier alpha value is -3.48. The Morgan fingerprint density at radius 3 is 2.71 bits per heavy atom. The van der Waals surface area contributed by atoms with Crippen molar-refractivity contribution in [2.45, 2.75) is 13.0 Å². The maximum Gasteiger partial charge on any atom is 0.226 e. The molecule has 3 aromatic rings. The zero-order valence-electron chi connectivity index (χ0n) is 15.6. The first-order chi connectivity index (χ1) is 13.8. The Balaban J connectivity index is 1.38. The second-order valence-corrected chi connectivity index (χ2v) is 6.27. The predicted molar refractivity (Wildman–Crippen MR) is 108 cm³/mol. The number of ether oxygens (including phenoxy) is 2. The molecule has 7 heteroatoms. The lowest BCUT2D eigenvalue weighted by molar-refractivity contribution is 0.297. The van der Waals surface area contributed by atoms with Crippen molar-refractivity contribution in [1.82, 2.24) is 10.3 Å². The summed E-state index contributed by atoms with van der Waals surface area (Å²) in [7, 11) is 1.72. The summed E-state index contributed by atoms with van der Waals surface area (Å²) < 4.78 is 17.0. The highest BCUT2D eigenvalue weighted by atomic mass is 16.5. The van der Waals surface area contributed by atoms with Gasteiger partial charge in [0, 0.05) is 30.8 Å². The van der Waals surface area contributed by atoms with Crippen molar-refractivity contribution in [3.05, 3.63) is 60.5 Å². The molecule has 144 valence electrons. The molecule has 0 unspecified atom stereocenters. The molecule has 4 rings (SSSR count). The van der Waals surface area contributed by atoms with Crippen LogP contribution in [0.4, 0.5) is 5.69 Å². The van der Waals surface area contributed by atoms with Crippen molar-refractivity contribution >= 4 is 11.6 Å². The van der Waals surface area contributed by atoms with Crippen LogP contribution >= 0.6 is 0 Å². The van der Waals surface area contributed by atoms with Crippen molar-refractivity contribution in [2.75, 3.05) is 25.6 Å². The third-order valence-electron chi connectivity index (χ3n) is 4.24. The van der Waals surface area contributed by atoms with Gasteiger partial charge in [0.15, 0.2) is 17.5 Å². The summed E-state index contributed by atoms with van der Waals surface area (Å²) in [6, 6.07) is 15.6. The molecular weight excluding hydrogens is 356 g/mol. The minimum absolute atomic E-state index is 0.487. The summed E-state index contributed by atoms with van der Waals surface area (Å²) in [6.07, 6.45) is 2.53. The molecule has 0 spiro atoms. The quantitative estimate of drug-likeness (QED) is 0.532. The van der Waals surface area contributed by atoms with Crippen molar-refractivity contribution in [3.8, 4) is 23.0 Å². The number of fused-ring (bicyclic) bond motifs is 1. The van der Waals surface area contributed by atoms with Gasteiger partial charge in [0.2, 0.25) is 5.89 Å². The maximum atomic E-state index is 5.73. The summed E-state index contributed by atoms with van der Waals surface area (Å²) in [4.78, 5) is 8.77. The summed E-state index contributed by atoms with van der Waals surface area (Å²) in [5, 5.41) is 6.49. The van der Waals surface area contributed by atoms with Gasteiger partial charge in [0.05, 0.1) is 25.5 Å². The molecule has 1 aliphatic heterocycles. The molecule has 0 bridgehead atoms.